The monoisotopic (exact) mass is 1020 g/mol. The van der Waals surface area contributed by atoms with Crippen LogP contribution in [0.5, 0.6) is 23.0 Å². The lowest BCUT2D eigenvalue weighted by molar-refractivity contribution is -0.140. The van der Waals surface area contributed by atoms with Gasteiger partial charge < -0.3 is 60.5 Å². The van der Waals surface area contributed by atoms with Crippen molar-refractivity contribution in [1.82, 2.24) is 20.4 Å². The van der Waals surface area contributed by atoms with Gasteiger partial charge in [0.2, 0.25) is 17.7 Å². The van der Waals surface area contributed by atoms with E-state index in [1.54, 1.807) is 36.4 Å². The predicted octanol–water partition coefficient (Wildman–Crippen LogP) is 6.70. The molecule has 5 amide bonds. The number of rotatable bonds is 19. The quantitative estimate of drug-likeness (QED) is 0.0330. The fraction of sp³-hybridized carbons (Fsp3) is 0.368. The van der Waals surface area contributed by atoms with Crippen molar-refractivity contribution in [3.8, 4) is 23.0 Å². The normalized spacial score (nSPS) is 16.2. The number of nitrogens with one attached hydrogen (secondary N) is 4. The zero-order chi connectivity index (χ0) is 53.3. The van der Waals surface area contributed by atoms with Crippen molar-refractivity contribution < 1.29 is 52.5 Å². The molecule has 0 aromatic heterocycles. The van der Waals surface area contributed by atoms with Gasteiger partial charge in [-0.05, 0) is 110 Å². The average molecular weight is 1020 g/mol. The topological polar surface area (TPSA) is 229 Å². The molecular weight excluding hydrogens is 959 g/mol. The number of esters is 1. The Morgan fingerprint density at radius 3 is 1.97 bits per heavy atom. The van der Waals surface area contributed by atoms with E-state index in [4.69, 9.17) is 24.7 Å². The van der Waals surface area contributed by atoms with Crippen LogP contribution in [0.4, 0.5) is 17.1 Å². The van der Waals surface area contributed by atoms with E-state index in [1.165, 1.54) is 46.3 Å². The minimum atomic E-state index is -1.03. The minimum absolute atomic E-state index is 0.0114. The number of benzene rings is 5. The van der Waals surface area contributed by atoms with Crippen molar-refractivity contribution in [1.29, 1.82) is 0 Å². The van der Waals surface area contributed by atoms with Gasteiger partial charge in [0.05, 0.1) is 44.2 Å². The number of carbonyl (C=O) groups is 6. The number of hydrogen-bond donors (Lipinski definition) is 5. The van der Waals surface area contributed by atoms with Crippen molar-refractivity contribution in [2.45, 2.75) is 110 Å². The molecule has 0 fully saturated rings. The van der Waals surface area contributed by atoms with Crippen molar-refractivity contribution in [3.63, 3.8) is 0 Å². The van der Waals surface area contributed by atoms with Crippen LogP contribution in [0.1, 0.15) is 101 Å². The highest BCUT2D eigenvalue weighted by molar-refractivity contribution is 6.02. The minimum Gasteiger partial charge on any atom is -0.493 e. The number of methoxy groups -OCH3 is 3. The molecule has 18 heteroatoms. The highest BCUT2D eigenvalue weighted by Crippen LogP contribution is 2.39. The molecule has 0 saturated carbocycles. The summed E-state index contributed by atoms with van der Waals surface area (Å²) in [4.78, 5) is 82.7. The fourth-order valence-electron chi connectivity index (χ4n) is 9.70. The number of ether oxygens (including phenoxy) is 5. The largest absolute Gasteiger partial charge is 0.493 e. The number of carbonyl (C=O) groups excluding carboxylic acids is 6. The van der Waals surface area contributed by atoms with Crippen LogP contribution in [0.25, 0.3) is 0 Å². The predicted molar refractivity (Wildman–Crippen MR) is 282 cm³/mol. The molecule has 75 heavy (non-hydrogen) atoms. The van der Waals surface area contributed by atoms with Crippen LogP contribution < -0.4 is 45.9 Å². The van der Waals surface area contributed by atoms with E-state index in [0.29, 0.717) is 77.8 Å². The lowest BCUT2D eigenvalue weighted by Crippen LogP contribution is -2.50. The highest BCUT2D eigenvalue weighted by Gasteiger charge is 2.35. The molecule has 3 aliphatic heterocycles. The zero-order valence-corrected chi connectivity index (χ0v) is 43.2. The first kappa shape index (κ1) is 53.0. The molecular formula is C57H65N7O11. The maximum Gasteiger partial charge on any atom is 0.305 e. The molecule has 0 bridgehead atoms. The van der Waals surface area contributed by atoms with Crippen LogP contribution in [-0.4, -0.2) is 97.3 Å². The summed E-state index contributed by atoms with van der Waals surface area (Å²) in [6.45, 7) is 6.49. The molecule has 0 spiro atoms. The molecule has 0 radical (unpaired) electrons. The van der Waals surface area contributed by atoms with Crippen molar-refractivity contribution in [3.05, 3.63) is 136 Å². The van der Waals surface area contributed by atoms with Crippen molar-refractivity contribution >= 4 is 52.6 Å². The number of unbranched alkanes of at least 4 members (excludes halogenated alkanes) is 1. The highest BCUT2D eigenvalue weighted by atomic mass is 16.5. The van der Waals surface area contributed by atoms with Gasteiger partial charge in [-0.3, -0.25) is 28.8 Å². The third-order valence-electron chi connectivity index (χ3n) is 13.9. The smallest absolute Gasteiger partial charge is 0.305 e. The fourth-order valence-corrected chi connectivity index (χ4v) is 9.70. The van der Waals surface area contributed by atoms with Crippen molar-refractivity contribution in [2.24, 2.45) is 0 Å². The summed E-state index contributed by atoms with van der Waals surface area (Å²) >= 11 is 0. The summed E-state index contributed by atoms with van der Waals surface area (Å²) in [6.07, 6.45) is 2.64. The van der Waals surface area contributed by atoms with Gasteiger partial charge >= 0.3 is 5.97 Å². The number of nitrogens with zero attached hydrogens (tertiary/aromatic N) is 2. The van der Waals surface area contributed by atoms with Gasteiger partial charge in [-0.15, -0.1) is 0 Å². The molecule has 18 nitrogen and oxygen atoms in total. The van der Waals surface area contributed by atoms with Gasteiger partial charge in [0.25, 0.3) is 11.8 Å². The second-order valence-corrected chi connectivity index (χ2v) is 19.2. The molecule has 6 N–H and O–H groups in total. The number of amides is 5. The van der Waals surface area contributed by atoms with Gasteiger partial charge in [0.1, 0.15) is 25.3 Å². The first-order chi connectivity index (χ1) is 36.1. The number of fused-ring (bicyclic) bond motifs is 4. The van der Waals surface area contributed by atoms with Crippen LogP contribution >= 0.6 is 0 Å². The summed E-state index contributed by atoms with van der Waals surface area (Å²) in [5.41, 5.74) is 14.4. The summed E-state index contributed by atoms with van der Waals surface area (Å²) in [5, 5.41) is 11.7. The van der Waals surface area contributed by atoms with E-state index in [2.05, 4.69) is 44.2 Å². The maximum atomic E-state index is 14.1. The molecule has 3 heterocycles. The molecule has 394 valence electrons. The number of nitrogens with two attached hydrogens (primary N) is 1. The third-order valence-corrected chi connectivity index (χ3v) is 13.9. The van der Waals surface area contributed by atoms with Crippen LogP contribution in [0.3, 0.4) is 0 Å². The molecule has 4 atom stereocenters. The van der Waals surface area contributed by atoms with Gasteiger partial charge in [-0.25, -0.2) is 0 Å². The van der Waals surface area contributed by atoms with Crippen LogP contribution in [0.15, 0.2) is 91.0 Å². The lowest BCUT2D eigenvalue weighted by atomic mass is 9.94. The van der Waals surface area contributed by atoms with Gasteiger partial charge in [0.15, 0.2) is 23.0 Å². The second-order valence-electron chi connectivity index (χ2n) is 19.2. The molecule has 0 saturated heterocycles. The summed E-state index contributed by atoms with van der Waals surface area (Å²) in [6, 6.07) is 26.1. The Balaban J connectivity index is 0.992. The van der Waals surface area contributed by atoms with Gasteiger partial charge in [-0.1, -0.05) is 48.5 Å². The molecule has 0 unspecified atom stereocenters. The zero-order valence-electron chi connectivity index (χ0n) is 43.2. The molecule has 0 aliphatic carbocycles. The van der Waals surface area contributed by atoms with Crippen LogP contribution in [0.2, 0.25) is 0 Å². The lowest BCUT2D eigenvalue weighted by Gasteiger charge is -2.35. The van der Waals surface area contributed by atoms with Crippen LogP contribution in [-0.2, 0) is 63.1 Å². The van der Waals surface area contributed by atoms with Gasteiger partial charge in [0, 0.05) is 62.0 Å². The number of nitrogen functional groups attached to an aromatic ring is 1. The number of anilines is 3. The third kappa shape index (κ3) is 12.6. The second kappa shape index (κ2) is 23.7. The van der Waals surface area contributed by atoms with E-state index in [9.17, 15) is 28.8 Å². The summed E-state index contributed by atoms with van der Waals surface area (Å²) < 4.78 is 29.0. The summed E-state index contributed by atoms with van der Waals surface area (Å²) in [7, 11) is 4.29. The number of hydrogen-bond acceptors (Lipinski definition) is 13. The molecule has 3 aliphatic rings. The Morgan fingerprint density at radius 2 is 1.31 bits per heavy atom. The molecule has 5 aromatic rings. The van der Waals surface area contributed by atoms with E-state index >= 15 is 0 Å². The molecule has 8 rings (SSSR count). The Kier molecular flexibility index (Phi) is 16.8. The first-order valence-corrected chi connectivity index (χ1v) is 25.2. The van der Waals surface area contributed by atoms with E-state index in [-0.39, 0.29) is 78.8 Å². The Morgan fingerprint density at radius 1 is 0.707 bits per heavy atom. The average Bonchev–Trinajstić information content (AvgIpc) is 3.53. The summed E-state index contributed by atoms with van der Waals surface area (Å²) in [5.74, 6) is -0.866. The van der Waals surface area contributed by atoms with Gasteiger partial charge in [-0.2, -0.15) is 0 Å². The Bertz CT molecular complexity index is 2980. The van der Waals surface area contributed by atoms with E-state index in [1.807, 2.05) is 53.1 Å². The molecule has 5 aromatic carbocycles. The Labute approximate surface area is 436 Å². The SMILES string of the molecule is COC(=O)CCCCC(=O)N[C@@H](C)C(=O)N[C@@H](C)C(=O)Nc1cc(COc2cc(N)c(C(=O)N3Cc4ccccc4C[C@H]3C)cc2OC)cc(COc2cc3c(cc2OC)C(=O)N2Cc4ccccc4C[C@H]2CN3)c1. The Hall–Kier alpha value is -8.28. The van der Waals surface area contributed by atoms with E-state index in [0.717, 1.165) is 24.0 Å². The standard InChI is InChI=1S/C57H65N7O11/c1-33-19-38-13-7-9-15-40(38)29-63(33)56(69)44-24-48(71-4)50(26-46(44)58)74-31-36-20-37(22-42(21-36)62-55(68)35(3)61-54(67)34(2)60-52(65)17-11-12-18-53(66)73-6)32-75-51-27-47-45(25-49(51)72-5)57(70)64-30-41-16-10-8-14-39(41)23-43(64)28-59-47/h7-10,13-16,20-22,24-27,33-35,43,59H,11-12,17-19,23,28-32,58H2,1-6H3,(H,60,65)(H,61,67)(H,62,68)/t33-,34+,35+,43+/m1/s1. The van der Waals surface area contributed by atoms with Crippen molar-refractivity contribution in [2.75, 3.05) is 44.2 Å². The van der Waals surface area contributed by atoms with E-state index < -0.39 is 23.9 Å². The van der Waals surface area contributed by atoms with Crippen LogP contribution in [0, 0.1) is 0 Å². The first-order valence-electron chi connectivity index (χ1n) is 25.2. The maximum absolute atomic E-state index is 14.1.